The van der Waals surface area contributed by atoms with E-state index in [0.29, 0.717) is 13.1 Å². The number of hydrogen-bond acceptors (Lipinski definition) is 6. The molecule has 0 amide bonds. The Morgan fingerprint density at radius 2 is 1.12 bits per heavy atom. The third-order valence-corrected chi connectivity index (χ3v) is 2.32. The zero-order valence-electron chi connectivity index (χ0n) is 9.84. The molecule has 17 heavy (non-hydrogen) atoms. The van der Waals surface area contributed by atoms with E-state index in [2.05, 4.69) is 19.7 Å². The molecule has 0 unspecified atom stereocenters. The standard InChI is InChI=1S/C11H19N3O3/c1-9(15)6-12-4-5-13(7-10(2)16)14(12)8-11(3)17/h15-17H,1-8H2. The SMILES string of the molecule is C=C(O)CN1CCN(CC(=C)O)N1CC(=C)O. The van der Waals surface area contributed by atoms with Crippen molar-refractivity contribution in [3.8, 4) is 0 Å². The molecule has 0 atom stereocenters. The maximum Gasteiger partial charge on any atom is 0.102 e. The highest BCUT2D eigenvalue weighted by Gasteiger charge is 2.30. The van der Waals surface area contributed by atoms with Gasteiger partial charge in [0.15, 0.2) is 0 Å². The van der Waals surface area contributed by atoms with Gasteiger partial charge in [0.05, 0.1) is 19.6 Å². The Hall–Kier alpha value is -1.50. The van der Waals surface area contributed by atoms with Gasteiger partial charge in [-0.05, 0) is 0 Å². The van der Waals surface area contributed by atoms with Gasteiger partial charge in [0.2, 0.25) is 0 Å². The van der Waals surface area contributed by atoms with Gasteiger partial charge in [0.1, 0.15) is 17.3 Å². The molecule has 0 aliphatic carbocycles. The van der Waals surface area contributed by atoms with Gasteiger partial charge in [-0.15, -0.1) is 0 Å². The minimum atomic E-state index is 0.00834. The van der Waals surface area contributed by atoms with E-state index in [9.17, 15) is 15.3 Å². The Kier molecular flexibility index (Phi) is 4.56. The third kappa shape index (κ3) is 4.10. The van der Waals surface area contributed by atoms with Crippen LogP contribution in [0.2, 0.25) is 0 Å². The summed E-state index contributed by atoms with van der Waals surface area (Å²) in [5, 5.41) is 33.0. The first-order valence-electron chi connectivity index (χ1n) is 5.27. The van der Waals surface area contributed by atoms with Crippen molar-refractivity contribution >= 4 is 0 Å². The molecular weight excluding hydrogens is 222 g/mol. The van der Waals surface area contributed by atoms with Crippen molar-refractivity contribution in [1.82, 2.24) is 15.1 Å². The van der Waals surface area contributed by atoms with Crippen molar-refractivity contribution in [3.05, 3.63) is 37.0 Å². The summed E-state index contributed by atoms with van der Waals surface area (Å²) in [4.78, 5) is 0. The summed E-state index contributed by atoms with van der Waals surface area (Å²) in [6.07, 6.45) is 0. The first-order valence-corrected chi connectivity index (χ1v) is 5.27. The highest BCUT2D eigenvalue weighted by Crippen LogP contribution is 2.15. The maximum atomic E-state index is 9.26. The van der Waals surface area contributed by atoms with Crippen molar-refractivity contribution in [2.75, 3.05) is 32.7 Å². The van der Waals surface area contributed by atoms with Crippen LogP contribution in [0.15, 0.2) is 37.0 Å². The molecule has 3 N–H and O–H groups in total. The highest BCUT2D eigenvalue weighted by molar-refractivity contribution is 4.91. The molecule has 96 valence electrons. The van der Waals surface area contributed by atoms with E-state index in [-0.39, 0.29) is 36.9 Å². The number of nitrogens with zero attached hydrogens (tertiary/aromatic N) is 3. The fourth-order valence-electron chi connectivity index (χ4n) is 1.75. The molecule has 1 heterocycles. The van der Waals surface area contributed by atoms with Gasteiger partial charge in [-0.2, -0.15) is 5.12 Å². The maximum absolute atomic E-state index is 9.26. The first-order chi connectivity index (χ1) is 7.90. The minimum Gasteiger partial charge on any atom is -0.512 e. The number of aliphatic hydroxyl groups excluding tert-OH is 3. The second kappa shape index (κ2) is 5.72. The summed E-state index contributed by atoms with van der Waals surface area (Å²) in [5.41, 5.74) is 0. The smallest absolute Gasteiger partial charge is 0.102 e. The van der Waals surface area contributed by atoms with E-state index in [0.717, 1.165) is 0 Å². The van der Waals surface area contributed by atoms with Crippen LogP contribution < -0.4 is 0 Å². The van der Waals surface area contributed by atoms with E-state index < -0.39 is 0 Å². The van der Waals surface area contributed by atoms with Crippen LogP contribution in [-0.2, 0) is 0 Å². The van der Waals surface area contributed by atoms with Crippen molar-refractivity contribution in [2.45, 2.75) is 0 Å². The lowest BCUT2D eigenvalue weighted by molar-refractivity contribution is -0.116. The highest BCUT2D eigenvalue weighted by atomic mass is 16.3. The predicted octanol–water partition coefficient (Wildman–Crippen LogP) is 0.951. The lowest BCUT2D eigenvalue weighted by Crippen LogP contribution is -2.46. The zero-order chi connectivity index (χ0) is 13.0. The van der Waals surface area contributed by atoms with E-state index in [1.165, 1.54) is 0 Å². The van der Waals surface area contributed by atoms with Gasteiger partial charge < -0.3 is 15.3 Å². The van der Waals surface area contributed by atoms with E-state index in [4.69, 9.17) is 0 Å². The number of hydrazine groups is 2. The largest absolute Gasteiger partial charge is 0.512 e. The van der Waals surface area contributed by atoms with Gasteiger partial charge in [0.25, 0.3) is 0 Å². The van der Waals surface area contributed by atoms with Crippen LogP contribution in [0.1, 0.15) is 0 Å². The van der Waals surface area contributed by atoms with Crippen LogP contribution in [0.5, 0.6) is 0 Å². The average molecular weight is 241 g/mol. The molecule has 1 aliphatic rings. The van der Waals surface area contributed by atoms with E-state index in [1.54, 1.807) is 5.12 Å². The monoisotopic (exact) mass is 241 g/mol. The molecule has 0 aromatic rings. The first kappa shape index (κ1) is 13.6. The number of aliphatic hydroxyl groups is 3. The Labute approximate surface area is 101 Å². The molecule has 6 nitrogen and oxygen atoms in total. The van der Waals surface area contributed by atoms with Crippen LogP contribution in [0.25, 0.3) is 0 Å². The van der Waals surface area contributed by atoms with Gasteiger partial charge >= 0.3 is 0 Å². The number of hydrogen-bond donors (Lipinski definition) is 3. The van der Waals surface area contributed by atoms with Crippen LogP contribution in [-0.4, -0.2) is 63.2 Å². The molecule has 6 heteroatoms. The molecular formula is C11H19N3O3. The Balaban J connectivity index is 2.69. The summed E-state index contributed by atoms with van der Waals surface area (Å²) in [5.74, 6) is 0.0976. The van der Waals surface area contributed by atoms with Gasteiger partial charge in [-0.25, -0.2) is 10.0 Å². The summed E-state index contributed by atoms with van der Waals surface area (Å²) >= 11 is 0. The van der Waals surface area contributed by atoms with Gasteiger partial charge in [-0.3, -0.25) is 0 Å². The lowest BCUT2D eigenvalue weighted by atomic mass is 10.5. The number of rotatable bonds is 6. The average Bonchev–Trinajstić information content (AvgIpc) is 2.47. The topological polar surface area (TPSA) is 70.4 Å². The van der Waals surface area contributed by atoms with Gasteiger partial charge in [0, 0.05) is 13.1 Å². The molecule has 1 aliphatic heterocycles. The fourth-order valence-corrected chi connectivity index (χ4v) is 1.75. The zero-order valence-corrected chi connectivity index (χ0v) is 9.84. The normalized spacial score (nSPS) is 18.4. The predicted molar refractivity (Wildman–Crippen MR) is 65.2 cm³/mol. The Morgan fingerprint density at radius 1 is 0.765 bits per heavy atom. The quantitative estimate of drug-likeness (QED) is 0.601. The molecule has 0 aromatic heterocycles. The Bertz CT molecular complexity index is 306. The van der Waals surface area contributed by atoms with E-state index in [1.807, 2.05) is 10.0 Å². The molecule has 0 radical (unpaired) electrons. The minimum absolute atomic E-state index is 0.00834. The summed E-state index contributed by atoms with van der Waals surface area (Å²) in [6.45, 7) is 12.4. The van der Waals surface area contributed by atoms with Crippen molar-refractivity contribution in [3.63, 3.8) is 0 Å². The van der Waals surface area contributed by atoms with Crippen LogP contribution >= 0.6 is 0 Å². The van der Waals surface area contributed by atoms with Crippen molar-refractivity contribution in [2.24, 2.45) is 0 Å². The summed E-state index contributed by atoms with van der Waals surface area (Å²) in [7, 11) is 0. The third-order valence-electron chi connectivity index (χ3n) is 2.32. The van der Waals surface area contributed by atoms with Gasteiger partial charge in [-0.1, -0.05) is 19.7 Å². The summed E-state index contributed by atoms with van der Waals surface area (Å²) < 4.78 is 0. The molecule has 1 rings (SSSR count). The molecule has 0 bridgehead atoms. The molecule has 0 spiro atoms. The molecule has 1 saturated heterocycles. The molecule has 0 aromatic carbocycles. The van der Waals surface area contributed by atoms with Crippen molar-refractivity contribution < 1.29 is 15.3 Å². The Morgan fingerprint density at radius 3 is 1.41 bits per heavy atom. The van der Waals surface area contributed by atoms with Crippen LogP contribution in [0.3, 0.4) is 0 Å². The fraction of sp³-hybridized carbons (Fsp3) is 0.455. The van der Waals surface area contributed by atoms with Crippen molar-refractivity contribution in [1.29, 1.82) is 0 Å². The second-order valence-electron chi connectivity index (χ2n) is 4.01. The summed E-state index contributed by atoms with van der Waals surface area (Å²) in [6, 6.07) is 0. The lowest BCUT2D eigenvalue weighted by Gasteiger charge is -2.32. The molecule has 1 fully saturated rings. The van der Waals surface area contributed by atoms with Crippen LogP contribution in [0, 0.1) is 0 Å². The van der Waals surface area contributed by atoms with E-state index >= 15 is 0 Å². The van der Waals surface area contributed by atoms with Crippen LogP contribution in [0.4, 0.5) is 0 Å². The molecule has 0 saturated carbocycles. The second-order valence-corrected chi connectivity index (χ2v) is 4.01.